The Morgan fingerprint density at radius 3 is 2.42 bits per heavy atom. The Morgan fingerprint density at radius 1 is 0.788 bits per heavy atom. The highest BCUT2D eigenvalue weighted by atomic mass is 32.2. The fourth-order valence-corrected chi connectivity index (χ4v) is 5.47. The predicted octanol–water partition coefficient (Wildman–Crippen LogP) is 7.28. The summed E-state index contributed by atoms with van der Waals surface area (Å²) >= 11 is 0. The smallest absolute Gasteiger partial charge is 0.282 e. The van der Waals surface area contributed by atoms with Gasteiger partial charge in [-0.2, -0.15) is 8.42 Å². The first-order valence-corrected chi connectivity index (χ1v) is 12.7. The van der Waals surface area contributed by atoms with E-state index in [-0.39, 0.29) is 4.90 Å². The molecule has 0 heterocycles. The number of allylic oxidation sites excluding steroid dienone is 4. The van der Waals surface area contributed by atoms with E-state index in [2.05, 4.69) is 49.4 Å². The second-order valence-corrected chi connectivity index (χ2v) is 10.1. The molecule has 0 aromatic heterocycles. The molecule has 0 unspecified atom stereocenters. The van der Waals surface area contributed by atoms with Crippen LogP contribution in [0.1, 0.15) is 36.0 Å². The first-order valence-electron chi connectivity index (χ1n) is 11.3. The Balaban J connectivity index is 0.000000146. The minimum atomic E-state index is -4.09. The molecular weight excluding hydrogens is 428 g/mol. The predicted molar refractivity (Wildman–Crippen MR) is 136 cm³/mol. The zero-order valence-electron chi connectivity index (χ0n) is 18.6. The van der Waals surface area contributed by atoms with Gasteiger partial charge in [0.15, 0.2) is 0 Å². The molecule has 4 aromatic carbocycles. The summed E-state index contributed by atoms with van der Waals surface area (Å²) in [6.07, 6.45) is 9.62. The van der Waals surface area contributed by atoms with Crippen LogP contribution in [0.2, 0.25) is 0 Å². The first-order chi connectivity index (χ1) is 15.9. The van der Waals surface area contributed by atoms with Crippen LogP contribution in [0.5, 0.6) is 0 Å². The Kier molecular flexibility index (Phi) is 5.65. The zero-order chi connectivity index (χ0) is 23.0. The number of hydrogen-bond donors (Lipinski definition) is 1. The number of aryl methyl sites for hydroxylation is 2. The van der Waals surface area contributed by atoms with E-state index in [1.807, 2.05) is 18.2 Å². The summed E-state index contributed by atoms with van der Waals surface area (Å²) in [4.78, 5) is -0.0730. The third-order valence-electron chi connectivity index (χ3n) is 6.65. The van der Waals surface area contributed by atoms with Crippen LogP contribution in [0.3, 0.4) is 0 Å². The molecule has 2 aliphatic carbocycles. The number of rotatable bonds is 1. The highest BCUT2D eigenvalue weighted by Gasteiger charge is 2.20. The van der Waals surface area contributed by atoms with E-state index in [4.69, 9.17) is 4.55 Å². The third kappa shape index (κ3) is 4.24. The minimum Gasteiger partial charge on any atom is -0.282 e. The molecule has 1 N–H and O–H groups in total. The van der Waals surface area contributed by atoms with Crippen LogP contribution in [0.15, 0.2) is 95.4 Å². The minimum absolute atomic E-state index is 0.0730. The van der Waals surface area contributed by atoms with Gasteiger partial charge in [0.05, 0.1) is 4.90 Å². The molecule has 6 rings (SSSR count). The van der Waals surface area contributed by atoms with Gasteiger partial charge >= 0.3 is 0 Å². The van der Waals surface area contributed by atoms with E-state index < -0.39 is 10.1 Å². The van der Waals surface area contributed by atoms with Crippen LogP contribution in [-0.4, -0.2) is 13.0 Å². The van der Waals surface area contributed by atoms with Crippen LogP contribution >= 0.6 is 0 Å². The average Bonchev–Trinajstić information content (AvgIpc) is 2.83. The van der Waals surface area contributed by atoms with E-state index in [1.54, 1.807) is 23.3 Å². The summed E-state index contributed by atoms with van der Waals surface area (Å²) in [7, 11) is -4.09. The van der Waals surface area contributed by atoms with Crippen molar-refractivity contribution in [3.05, 3.63) is 107 Å². The molecule has 0 radical (unpaired) electrons. The summed E-state index contributed by atoms with van der Waals surface area (Å²) < 4.78 is 30.5. The van der Waals surface area contributed by atoms with Gasteiger partial charge in [-0.25, -0.2) is 0 Å². The molecule has 166 valence electrons. The molecule has 0 atom stereocenters. The Morgan fingerprint density at radius 2 is 1.61 bits per heavy atom. The van der Waals surface area contributed by atoms with E-state index in [1.165, 1.54) is 65.3 Å². The summed E-state index contributed by atoms with van der Waals surface area (Å²) in [5.41, 5.74) is 7.61. The lowest BCUT2D eigenvalue weighted by Crippen LogP contribution is -2.07. The van der Waals surface area contributed by atoms with Gasteiger partial charge < -0.3 is 0 Å². The van der Waals surface area contributed by atoms with Crippen molar-refractivity contribution in [3.63, 3.8) is 0 Å². The van der Waals surface area contributed by atoms with Gasteiger partial charge in [0, 0.05) is 0 Å². The lowest BCUT2D eigenvalue weighted by molar-refractivity contribution is 0.483. The van der Waals surface area contributed by atoms with Gasteiger partial charge in [0.1, 0.15) is 0 Å². The lowest BCUT2D eigenvalue weighted by atomic mass is 9.79. The lowest BCUT2D eigenvalue weighted by Gasteiger charge is -2.25. The van der Waals surface area contributed by atoms with Crippen molar-refractivity contribution in [1.82, 2.24) is 0 Å². The molecule has 33 heavy (non-hydrogen) atoms. The normalized spacial score (nSPS) is 15.1. The quantitative estimate of drug-likeness (QED) is 0.307. The molecule has 0 saturated heterocycles. The standard InChI is InChI=1S/C19H18.C10H8O3S/c1-13-5-4-8-17-15(13)11-12-18-16-7-3-2-6-14(16)9-10-19(17)18;11-14(12,13)10-6-5-8-3-1-2-4-9(8)7-10/h3-5,7-8,11-12H,2,6,9-10H2,1H3;1-7H,(H,11,12,13). The molecule has 4 aromatic rings. The maximum absolute atomic E-state index is 10.8. The van der Waals surface area contributed by atoms with Crippen LogP contribution in [0.4, 0.5) is 0 Å². The van der Waals surface area contributed by atoms with Crippen molar-refractivity contribution in [2.45, 2.75) is 37.5 Å². The average molecular weight is 455 g/mol. The Hall–Kier alpha value is -3.21. The summed E-state index contributed by atoms with van der Waals surface area (Å²) in [6, 6.07) is 23.2. The molecule has 0 aliphatic heterocycles. The summed E-state index contributed by atoms with van der Waals surface area (Å²) in [6.45, 7) is 2.21. The molecular formula is C29H26O3S. The maximum atomic E-state index is 10.8. The number of benzene rings is 4. The van der Waals surface area contributed by atoms with E-state index in [9.17, 15) is 8.42 Å². The Labute approximate surface area is 194 Å². The van der Waals surface area contributed by atoms with E-state index in [0.29, 0.717) is 0 Å². The van der Waals surface area contributed by atoms with E-state index in [0.717, 1.165) is 10.8 Å². The van der Waals surface area contributed by atoms with Crippen LogP contribution < -0.4 is 0 Å². The highest BCUT2D eigenvalue weighted by molar-refractivity contribution is 7.85. The zero-order valence-corrected chi connectivity index (χ0v) is 19.4. The molecule has 0 bridgehead atoms. The largest absolute Gasteiger partial charge is 0.294 e. The fraction of sp³-hybridized carbons (Fsp3) is 0.172. The summed E-state index contributed by atoms with van der Waals surface area (Å²) in [5.74, 6) is 0. The van der Waals surface area contributed by atoms with Gasteiger partial charge in [-0.1, -0.05) is 78.4 Å². The topological polar surface area (TPSA) is 54.4 Å². The molecule has 0 saturated carbocycles. The monoisotopic (exact) mass is 454 g/mol. The van der Waals surface area contributed by atoms with Crippen molar-refractivity contribution < 1.29 is 13.0 Å². The molecule has 4 heteroatoms. The number of fused-ring (bicyclic) bond motifs is 5. The molecule has 0 fully saturated rings. The van der Waals surface area contributed by atoms with Crippen LogP contribution in [-0.2, 0) is 16.5 Å². The van der Waals surface area contributed by atoms with Gasteiger partial charge in [0.2, 0.25) is 0 Å². The third-order valence-corrected chi connectivity index (χ3v) is 7.50. The maximum Gasteiger partial charge on any atom is 0.294 e. The van der Waals surface area contributed by atoms with Crippen molar-refractivity contribution in [2.75, 3.05) is 0 Å². The van der Waals surface area contributed by atoms with Crippen LogP contribution in [0.25, 0.3) is 27.1 Å². The molecule has 2 aliphatic rings. The van der Waals surface area contributed by atoms with Gasteiger partial charge in [-0.15, -0.1) is 0 Å². The highest BCUT2D eigenvalue weighted by Crippen LogP contribution is 2.40. The van der Waals surface area contributed by atoms with Crippen molar-refractivity contribution >= 4 is 37.2 Å². The van der Waals surface area contributed by atoms with Crippen molar-refractivity contribution in [2.24, 2.45) is 0 Å². The second kappa shape index (κ2) is 8.62. The molecule has 0 amide bonds. The summed E-state index contributed by atoms with van der Waals surface area (Å²) in [5, 5.41) is 4.62. The van der Waals surface area contributed by atoms with Crippen molar-refractivity contribution in [1.29, 1.82) is 0 Å². The molecule has 3 nitrogen and oxygen atoms in total. The SMILES string of the molecule is Cc1cccc2c3c(ccc12)C1=C(CCC=C1)CC3.O=S(=O)(O)c1ccc2ccccc2c1. The first kappa shape index (κ1) is 21.6. The Bertz CT molecular complexity index is 1540. The molecule has 0 spiro atoms. The van der Waals surface area contributed by atoms with Gasteiger partial charge in [0.25, 0.3) is 10.1 Å². The number of hydrogen-bond acceptors (Lipinski definition) is 2. The van der Waals surface area contributed by atoms with Gasteiger partial charge in [-0.05, 0) is 88.5 Å². The van der Waals surface area contributed by atoms with Crippen molar-refractivity contribution in [3.8, 4) is 0 Å². The van der Waals surface area contributed by atoms with Crippen LogP contribution in [0, 0.1) is 6.92 Å². The van der Waals surface area contributed by atoms with E-state index >= 15 is 0 Å². The van der Waals surface area contributed by atoms with Gasteiger partial charge in [-0.3, -0.25) is 4.55 Å². The second-order valence-electron chi connectivity index (χ2n) is 8.70. The fourth-order valence-electron chi connectivity index (χ4n) is 4.95.